The summed E-state index contributed by atoms with van der Waals surface area (Å²) < 4.78 is 0. The van der Waals surface area contributed by atoms with Crippen LogP contribution in [0.1, 0.15) is 22.3 Å². The maximum absolute atomic E-state index is 12.1. The summed E-state index contributed by atoms with van der Waals surface area (Å²) in [4.78, 5) is 13.3. The molecule has 0 heterocycles. The van der Waals surface area contributed by atoms with E-state index >= 15 is 0 Å². The molecule has 0 amide bonds. The molecule has 2 rings (SSSR count). The van der Waals surface area contributed by atoms with Gasteiger partial charge in [-0.25, -0.2) is 0 Å². The Labute approximate surface area is 123 Å². The predicted molar refractivity (Wildman–Crippen MR) is 82.3 cm³/mol. The maximum atomic E-state index is 12.1. The number of carbonyl (C=O) groups excluding carboxylic acids is 1. The predicted octanol–water partition coefficient (Wildman–Crippen LogP) is 4.88. The zero-order chi connectivity index (χ0) is 13.7. The number of Topliss-reactive ketones (excluding diaryl/α,β-unsaturated/α-hetero) is 1. The van der Waals surface area contributed by atoms with Crippen molar-refractivity contribution in [2.24, 2.45) is 0 Å². The minimum atomic E-state index is 0.0968. The molecule has 98 valence electrons. The van der Waals surface area contributed by atoms with E-state index in [1.807, 2.05) is 12.1 Å². The highest BCUT2D eigenvalue weighted by Crippen LogP contribution is 2.19. The first-order valence-electron chi connectivity index (χ1n) is 6.11. The number of halogens is 1. The molecule has 0 saturated heterocycles. The molecular weight excluding hydrogens is 276 g/mol. The molecule has 2 aromatic carbocycles. The number of rotatable bonds is 5. The summed E-state index contributed by atoms with van der Waals surface area (Å²) >= 11 is 7.73. The summed E-state index contributed by atoms with van der Waals surface area (Å²) in [5.74, 6) is 0.0968. The molecule has 0 spiro atoms. The van der Waals surface area contributed by atoms with E-state index in [1.165, 1.54) is 10.5 Å². The van der Waals surface area contributed by atoms with Crippen LogP contribution < -0.4 is 0 Å². The van der Waals surface area contributed by atoms with Gasteiger partial charge in [-0.2, -0.15) is 0 Å². The molecule has 0 aliphatic heterocycles. The van der Waals surface area contributed by atoms with Gasteiger partial charge in [0.2, 0.25) is 0 Å². The monoisotopic (exact) mass is 290 g/mol. The minimum Gasteiger partial charge on any atom is -0.294 e. The van der Waals surface area contributed by atoms with Crippen molar-refractivity contribution in [3.8, 4) is 0 Å². The minimum absolute atomic E-state index is 0.0968. The first kappa shape index (κ1) is 14.2. The van der Waals surface area contributed by atoms with Crippen molar-refractivity contribution in [3.63, 3.8) is 0 Å². The maximum Gasteiger partial charge on any atom is 0.164 e. The third-order valence-electron chi connectivity index (χ3n) is 2.97. The van der Waals surface area contributed by atoms with Crippen LogP contribution in [0.25, 0.3) is 0 Å². The molecule has 1 nitrogen and oxygen atoms in total. The summed E-state index contributed by atoms with van der Waals surface area (Å²) in [5, 5.41) is 0.533. The van der Waals surface area contributed by atoms with Gasteiger partial charge in [-0.05, 0) is 42.5 Å². The van der Waals surface area contributed by atoms with Crippen LogP contribution >= 0.6 is 23.4 Å². The Morgan fingerprint density at radius 3 is 2.42 bits per heavy atom. The highest BCUT2D eigenvalue weighted by molar-refractivity contribution is 7.98. The molecule has 2 aromatic rings. The van der Waals surface area contributed by atoms with Crippen LogP contribution in [0.4, 0.5) is 0 Å². The van der Waals surface area contributed by atoms with Crippen LogP contribution in [-0.2, 0) is 6.42 Å². The molecule has 0 fully saturated rings. The van der Waals surface area contributed by atoms with Crippen LogP contribution in [0.2, 0.25) is 5.02 Å². The number of ketones is 1. The topological polar surface area (TPSA) is 17.1 Å². The lowest BCUT2D eigenvalue weighted by Gasteiger charge is -2.04. The lowest BCUT2D eigenvalue weighted by Crippen LogP contribution is -2.01. The van der Waals surface area contributed by atoms with Crippen molar-refractivity contribution in [2.75, 3.05) is 6.26 Å². The van der Waals surface area contributed by atoms with Crippen molar-refractivity contribution in [3.05, 3.63) is 64.7 Å². The Balaban J connectivity index is 1.98. The normalized spacial score (nSPS) is 10.4. The van der Waals surface area contributed by atoms with Crippen LogP contribution in [0, 0.1) is 0 Å². The number of thioether (sulfide) groups is 1. The van der Waals surface area contributed by atoms with Gasteiger partial charge in [0.1, 0.15) is 0 Å². The van der Waals surface area contributed by atoms with Crippen LogP contribution in [0.5, 0.6) is 0 Å². The summed E-state index contributed by atoms with van der Waals surface area (Å²) in [5.41, 5.74) is 1.79. The Kier molecular flexibility index (Phi) is 5.06. The Bertz CT molecular complexity index is 563. The molecule has 0 radical (unpaired) electrons. The average molecular weight is 291 g/mol. The van der Waals surface area contributed by atoms with Crippen LogP contribution in [0.15, 0.2) is 53.4 Å². The second kappa shape index (κ2) is 6.78. The summed E-state index contributed by atoms with van der Waals surface area (Å²) in [7, 11) is 0. The van der Waals surface area contributed by atoms with E-state index < -0.39 is 0 Å². The van der Waals surface area contributed by atoms with Crippen molar-refractivity contribution in [2.45, 2.75) is 17.7 Å². The first-order valence-corrected chi connectivity index (χ1v) is 7.71. The molecule has 0 unspecified atom stereocenters. The molecule has 0 atom stereocenters. The average Bonchev–Trinajstić information content (AvgIpc) is 2.46. The number of aryl methyl sites for hydroxylation is 1. The number of carbonyl (C=O) groups is 1. The quantitative estimate of drug-likeness (QED) is 0.577. The van der Waals surface area contributed by atoms with Gasteiger partial charge < -0.3 is 0 Å². The smallest absolute Gasteiger partial charge is 0.164 e. The third kappa shape index (κ3) is 3.85. The van der Waals surface area contributed by atoms with Gasteiger partial charge in [-0.15, -0.1) is 11.8 Å². The van der Waals surface area contributed by atoms with E-state index in [1.54, 1.807) is 23.9 Å². The van der Waals surface area contributed by atoms with Crippen LogP contribution in [0.3, 0.4) is 0 Å². The first-order chi connectivity index (χ1) is 9.20. The van der Waals surface area contributed by atoms with Crippen molar-refractivity contribution in [1.29, 1.82) is 0 Å². The van der Waals surface area contributed by atoms with E-state index in [2.05, 4.69) is 30.5 Å². The fourth-order valence-electron chi connectivity index (χ4n) is 1.87. The van der Waals surface area contributed by atoms with E-state index in [4.69, 9.17) is 11.6 Å². The number of benzene rings is 2. The largest absolute Gasteiger partial charge is 0.294 e. The molecule has 0 bridgehead atoms. The van der Waals surface area contributed by atoms with Crippen molar-refractivity contribution in [1.82, 2.24) is 0 Å². The number of hydrogen-bond donors (Lipinski definition) is 0. The fourth-order valence-corrected chi connectivity index (χ4v) is 2.52. The van der Waals surface area contributed by atoms with Gasteiger partial charge in [0, 0.05) is 16.9 Å². The second-order valence-corrected chi connectivity index (χ2v) is 5.54. The lowest BCUT2D eigenvalue weighted by atomic mass is 10.0. The van der Waals surface area contributed by atoms with Crippen LogP contribution in [-0.4, -0.2) is 12.0 Å². The number of hydrogen-bond acceptors (Lipinski definition) is 2. The zero-order valence-electron chi connectivity index (χ0n) is 10.7. The van der Waals surface area contributed by atoms with Gasteiger partial charge in [0.25, 0.3) is 0 Å². The zero-order valence-corrected chi connectivity index (χ0v) is 12.3. The SMILES string of the molecule is CSc1ccc(CCC(=O)c2ccccc2Cl)cc1. The molecular formula is C16H15ClOS. The van der Waals surface area contributed by atoms with Gasteiger partial charge in [-0.3, -0.25) is 4.79 Å². The van der Waals surface area contributed by atoms with Crippen molar-refractivity contribution >= 4 is 29.1 Å². The summed E-state index contributed by atoms with van der Waals surface area (Å²) in [6.07, 6.45) is 3.29. The third-order valence-corrected chi connectivity index (χ3v) is 4.05. The Morgan fingerprint density at radius 2 is 1.79 bits per heavy atom. The van der Waals surface area contributed by atoms with Gasteiger partial charge in [0.15, 0.2) is 5.78 Å². The highest BCUT2D eigenvalue weighted by atomic mass is 35.5. The Hall–Kier alpha value is -1.25. The van der Waals surface area contributed by atoms with Crippen molar-refractivity contribution < 1.29 is 4.79 Å². The molecule has 0 aromatic heterocycles. The lowest BCUT2D eigenvalue weighted by molar-refractivity contribution is 0.0983. The molecule has 0 aliphatic carbocycles. The second-order valence-electron chi connectivity index (χ2n) is 4.25. The standard InChI is InChI=1S/C16H15ClOS/c1-19-13-9-6-12(7-10-13)8-11-16(18)14-4-2-3-5-15(14)17/h2-7,9-10H,8,11H2,1H3. The highest BCUT2D eigenvalue weighted by Gasteiger charge is 2.09. The molecule has 3 heteroatoms. The summed E-state index contributed by atoms with van der Waals surface area (Å²) in [6, 6.07) is 15.5. The molecule has 0 aliphatic rings. The fraction of sp³-hybridized carbons (Fsp3) is 0.188. The summed E-state index contributed by atoms with van der Waals surface area (Å²) in [6.45, 7) is 0. The van der Waals surface area contributed by atoms with E-state index in [0.29, 0.717) is 17.0 Å². The molecule has 0 saturated carbocycles. The van der Waals surface area contributed by atoms with Gasteiger partial charge >= 0.3 is 0 Å². The van der Waals surface area contributed by atoms with E-state index in [9.17, 15) is 4.79 Å². The van der Waals surface area contributed by atoms with E-state index in [-0.39, 0.29) is 5.78 Å². The molecule has 0 N–H and O–H groups in total. The van der Waals surface area contributed by atoms with Gasteiger partial charge in [0.05, 0.1) is 5.02 Å². The Morgan fingerprint density at radius 1 is 1.11 bits per heavy atom. The van der Waals surface area contributed by atoms with Gasteiger partial charge in [-0.1, -0.05) is 35.9 Å². The van der Waals surface area contributed by atoms with E-state index in [0.717, 1.165) is 6.42 Å². The molecule has 19 heavy (non-hydrogen) atoms.